The van der Waals surface area contributed by atoms with Crippen molar-refractivity contribution in [3.63, 3.8) is 0 Å². The van der Waals surface area contributed by atoms with E-state index in [4.69, 9.17) is 5.11 Å². The number of hydrogen-bond donors (Lipinski definition) is 1. The Balaban J connectivity index is 2.14. The number of benzene rings is 1. The number of carbonyl (C=O) groups excluding carboxylic acids is 1. The molecule has 5 nitrogen and oxygen atoms in total. The highest BCUT2D eigenvalue weighted by molar-refractivity contribution is 5.99. The monoisotopic (exact) mass is 266 g/mol. The van der Waals surface area contributed by atoms with Crippen LogP contribution < -0.4 is 4.90 Å². The van der Waals surface area contributed by atoms with Gasteiger partial charge in [-0.3, -0.25) is 14.5 Å². The number of rotatable bonds is 4. The Morgan fingerprint density at radius 3 is 2.84 bits per heavy atom. The van der Waals surface area contributed by atoms with Crippen molar-refractivity contribution in [2.24, 2.45) is 0 Å². The summed E-state index contributed by atoms with van der Waals surface area (Å²) in [6.07, 6.45) is 0.497. The average Bonchev–Trinajstić information content (AvgIpc) is 2.71. The van der Waals surface area contributed by atoms with Gasteiger partial charge in [0.05, 0.1) is 18.3 Å². The molecule has 2 rings (SSSR count). The lowest BCUT2D eigenvalue weighted by Gasteiger charge is -2.22. The zero-order valence-corrected chi connectivity index (χ0v) is 10.5. The van der Waals surface area contributed by atoms with Crippen molar-refractivity contribution < 1.29 is 19.1 Å². The first-order valence-corrected chi connectivity index (χ1v) is 5.98. The normalized spacial score (nSPS) is 19.2. The molecular weight excluding hydrogens is 251 g/mol. The number of carboxylic acids is 1. The second-order valence-electron chi connectivity index (χ2n) is 4.55. The summed E-state index contributed by atoms with van der Waals surface area (Å²) < 4.78 is 13.7. The minimum absolute atomic E-state index is 0.207. The number of carbonyl (C=O) groups is 2. The van der Waals surface area contributed by atoms with Gasteiger partial charge >= 0.3 is 5.97 Å². The van der Waals surface area contributed by atoms with Gasteiger partial charge in [0.1, 0.15) is 5.82 Å². The van der Waals surface area contributed by atoms with Crippen LogP contribution in [-0.2, 0) is 9.59 Å². The van der Waals surface area contributed by atoms with Crippen molar-refractivity contribution in [3.8, 4) is 0 Å². The van der Waals surface area contributed by atoms with Crippen molar-refractivity contribution in [2.75, 3.05) is 25.0 Å². The summed E-state index contributed by atoms with van der Waals surface area (Å²) in [7, 11) is 1.58. The van der Waals surface area contributed by atoms with E-state index < -0.39 is 17.8 Å². The number of aliphatic carboxylic acids is 1. The smallest absolute Gasteiger partial charge is 0.317 e. The number of halogens is 1. The minimum Gasteiger partial charge on any atom is -0.480 e. The standard InChI is InChI=1S/C13H15FN2O3/c1-15(8-12(17)18)11-6-7-16(13(11)19)10-5-3-2-4-9(10)14/h2-5,11H,6-8H2,1H3,(H,17,18). The Morgan fingerprint density at radius 1 is 1.53 bits per heavy atom. The van der Waals surface area contributed by atoms with Gasteiger partial charge in [-0.15, -0.1) is 0 Å². The predicted molar refractivity (Wildman–Crippen MR) is 67.4 cm³/mol. The molecule has 1 aliphatic heterocycles. The maximum atomic E-state index is 13.7. The molecule has 1 N–H and O–H groups in total. The van der Waals surface area contributed by atoms with Gasteiger partial charge in [-0.25, -0.2) is 4.39 Å². The van der Waals surface area contributed by atoms with Gasteiger partial charge in [-0.1, -0.05) is 12.1 Å². The molecule has 0 aliphatic carbocycles. The molecule has 1 atom stereocenters. The molecule has 1 aliphatic rings. The third-order valence-electron chi connectivity index (χ3n) is 3.24. The van der Waals surface area contributed by atoms with Gasteiger partial charge in [0.15, 0.2) is 0 Å². The van der Waals surface area contributed by atoms with Crippen LogP contribution in [0.15, 0.2) is 24.3 Å². The lowest BCUT2D eigenvalue weighted by Crippen LogP contribution is -2.42. The Labute approximate surface area is 110 Å². The fourth-order valence-electron chi connectivity index (χ4n) is 2.31. The molecule has 1 amide bonds. The largest absolute Gasteiger partial charge is 0.480 e. The van der Waals surface area contributed by atoms with Crippen LogP contribution in [0.25, 0.3) is 0 Å². The van der Waals surface area contributed by atoms with E-state index in [1.54, 1.807) is 25.2 Å². The molecule has 0 radical (unpaired) electrons. The number of para-hydroxylation sites is 1. The fraction of sp³-hybridized carbons (Fsp3) is 0.385. The third-order valence-corrected chi connectivity index (χ3v) is 3.24. The second kappa shape index (κ2) is 5.36. The molecule has 1 saturated heterocycles. The molecule has 1 unspecified atom stereocenters. The molecule has 1 heterocycles. The van der Waals surface area contributed by atoms with Gasteiger partial charge in [-0.05, 0) is 25.6 Å². The number of amides is 1. The summed E-state index contributed by atoms with van der Waals surface area (Å²) >= 11 is 0. The van der Waals surface area contributed by atoms with E-state index in [1.807, 2.05) is 0 Å². The molecule has 6 heteroatoms. The van der Waals surface area contributed by atoms with Gasteiger partial charge in [0.2, 0.25) is 5.91 Å². The van der Waals surface area contributed by atoms with Crippen LogP contribution in [0, 0.1) is 5.82 Å². The number of likely N-dealkylation sites (N-methyl/N-ethyl adjacent to an activating group) is 1. The van der Waals surface area contributed by atoms with Gasteiger partial charge in [0.25, 0.3) is 0 Å². The number of carboxylic acid groups (broad SMARTS) is 1. The second-order valence-corrected chi connectivity index (χ2v) is 4.55. The summed E-state index contributed by atoms with van der Waals surface area (Å²) in [6, 6.07) is 5.58. The molecule has 1 aromatic carbocycles. The molecule has 0 spiro atoms. The Hall–Kier alpha value is -1.95. The Morgan fingerprint density at radius 2 is 2.21 bits per heavy atom. The molecule has 1 aromatic rings. The van der Waals surface area contributed by atoms with Crippen molar-refractivity contribution in [2.45, 2.75) is 12.5 Å². The molecule has 1 fully saturated rings. The quantitative estimate of drug-likeness (QED) is 0.881. The highest BCUT2D eigenvalue weighted by atomic mass is 19.1. The van der Waals surface area contributed by atoms with E-state index in [0.717, 1.165) is 0 Å². The van der Waals surface area contributed by atoms with Crippen molar-refractivity contribution in [1.29, 1.82) is 0 Å². The van der Waals surface area contributed by atoms with E-state index in [1.165, 1.54) is 15.9 Å². The first-order valence-electron chi connectivity index (χ1n) is 5.98. The fourth-order valence-corrected chi connectivity index (χ4v) is 2.31. The Kier molecular flexibility index (Phi) is 3.80. The lowest BCUT2D eigenvalue weighted by atomic mass is 10.2. The van der Waals surface area contributed by atoms with Crippen molar-refractivity contribution in [1.82, 2.24) is 4.90 Å². The highest BCUT2D eigenvalue weighted by Crippen LogP contribution is 2.26. The van der Waals surface area contributed by atoms with E-state index in [0.29, 0.717) is 13.0 Å². The van der Waals surface area contributed by atoms with Gasteiger partial charge < -0.3 is 10.0 Å². The first-order chi connectivity index (χ1) is 9.00. The summed E-state index contributed by atoms with van der Waals surface area (Å²) in [4.78, 5) is 25.7. The molecular formula is C13H15FN2O3. The van der Waals surface area contributed by atoms with E-state index >= 15 is 0 Å². The molecule has 0 saturated carbocycles. The lowest BCUT2D eigenvalue weighted by molar-refractivity contribution is -0.138. The van der Waals surface area contributed by atoms with Crippen LogP contribution in [0.3, 0.4) is 0 Å². The molecule has 102 valence electrons. The SMILES string of the molecule is CN(CC(=O)O)C1CCN(c2ccccc2F)C1=O. The van der Waals surface area contributed by atoms with Crippen LogP contribution >= 0.6 is 0 Å². The maximum absolute atomic E-state index is 13.7. The van der Waals surface area contributed by atoms with E-state index in [2.05, 4.69) is 0 Å². The van der Waals surface area contributed by atoms with Crippen LogP contribution in [0.4, 0.5) is 10.1 Å². The highest BCUT2D eigenvalue weighted by Gasteiger charge is 2.36. The zero-order chi connectivity index (χ0) is 14.0. The third kappa shape index (κ3) is 2.73. The van der Waals surface area contributed by atoms with Crippen molar-refractivity contribution >= 4 is 17.6 Å². The molecule has 19 heavy (non-hydrogen) atoms. The zero-order valence-electron chi connectivity index (χ0n) is 10.5. The number of hydrogen-bond acceptors (Lipinski definition) is 3. The van der Waals surface area contributed by atoms with Crippen LogP contribution in [0.2, 0.25) is 0 Å². The summed E-state index contributed by atoms with van der Waals surface area (Å²) in [5, 5.41) is 8.73. The van der Waals surface area contributed by atoms with Gasteiger partial charge in [-0.2, -0.15) is 0 Å². The number of anilines is 1. The molecule has 0 aromatic heterocycles. The maximum Gasteiger partial charge on any atom is 0.317 e. The topological polar surface area (TPSA) is 60.9 Å². The number of nitrogens with zero attached hydrogens (tertiary/aromatic N) is 2. The summed E-state index contributed by atoms with van der Waals surface area (Å²) in [6.45, 7) is 0.190. The van der Waals surface area contributed by atoms with Crippen LogP contribution in [0.1, 0.15) is 6.42 Å². The summed E-state index contributed by atoms with van der Waals surface area (Å²) in [5.74, 6) is -1.69. The van der Waals surface area contributed by atoms with Gasteiger partial charge in [0, 0.05) is 6.54 Å². The Bertz CT molecular complexity index is 506. The van der Waals surface area contributed by atoms with Crippen LogP contribution in [-0.4, -0.2) is 48.1 Å². The van der Waals surface area contributed by atoms with Crippen LogP contribution in [0.5, 0.6) is 0 Å². The first kappa shape index (κ1) is 13.5. The van der Waals surface area contributed by atoms with Crippen molar-refractivity contribution in [3.05, 3.63) is 30.1 Å². The molecule has 0 bridgehead atoms. The predicted octanol–water partition coefficient (Wildman–Crippen LogP) is 0.947. The van der Waals surface area contributed by atoms with E-state index in [-0.39, 0.29) is 18.1 Å². The minimum atomic E-state index is -0.986. The summed E-state index contributed by atoms with van der Waals surface area (Å²) in [5.41, 5.74) is 0.249. The average molecular weight is 266 g/mol. The van der Waals surface area contributed by atoms with E-state index in [9.17, 15) is 14.0 Å².